The number of pyridine rings is 1. The average molecular weight is 443 g/mol. The molecular formula is C21H19BrN2O4. The molecule has 7 heteroatoms. The molecule has 0 unspecified atom stereocenters. The number of aromatic nitrogens is 1. The van der Waals surface area contributed by atoms with Crippen LogP contribution in [-0.2, 0) is 0 Å². The van der Waals surface area contributed by atoms with Crippen molar-refractivity contribution in [3.05, 3.63) is 69.4 Å². The Bertz CT molecular complexity index is 1140. The van der Waals surface area contributed by atoms with Gasteiger partial charge in [0.05, 0.1) is 32.0 Å². The summed E-state index contributed by atoms with van der Waals surface area (Å²) in [5, 5.41) is 12.0. The fourth-order valence-electron chi connectivity index (χ4n) is 2.93. The molecule has 3 rings (SSSR count). The second-order valence-electron chi connectivity index (χ2n) is 5.95. The zero-order valence-electron chi connectivity index (χ0n) is 15.5. The lowest BCUT2D eigenvalue weighted by Gasteiger charge is -2.15. The van der Waals surface area contributed by atoms with E-state index in [1.54, 1.807) is 42.6 Å². The molecule has 144 valence electrons. The third-order valence-corrected chi connectivity index (χ3v) is 4.46. The van der Waals surface area contributed by atoms with Crippen molar-refractivity contribution < 1.29 is 14.6 Å². The Kier molecular flexibility index (Phi) is 5.84. The van der Waals surface area contributed by atoms with Crippen LogP contribution in [0.4, 0.5) is 0 Å². The standard InChI is InChI=1S/C21H19BrN2O4/c1-13(22)11-23-12-17-15-6-4-5-7-16(15)20(25)24(21(17)26)14-8-9-18(27-2)19(10-14)28-3/h4-10,12,26H,1,11H2,2-3H3. The van der Waals surface area contributed by atoms with Gasteiger partial charge in [-0.15, -0.1) is 0 Å². The minimum absolute atomic E-state index is 0.208. The Labute approximate surface area is 170 Å². The second-order valence-corrected chi connectivity index (χ2v) is 7.07. The van der Waals surface area contributed by atoms with E-state index < -0.39 is 0 Å². The summed E-state index contributed by atoms with van der Waals surface area (Å²) >= 11 is 3.26. The predicted octanol–water partition coefficient (Wildman–Crippen LogP) is 4.04. The van der Waals surface area contributed by atoms with Crippen LogP contribution in [0.2, 0.25) is 0 Å². The fourth-order valence-corrected chi connectivity index (χ4v) is 3.07. The molecule has 0 aliphatic carbocycles. The molecule has 28 heavy (non-hydrogen) atoms. The van der Waals surface area contributed by atoms with Crippen molar-refractivity contribution in [2.24, 2.45) is 4.99 Å². The predicted molar refractivity (Wildman–Crippen MR) is 115 cm³/mol. The van der Waals surface area contributed by atoms with Crippen molar-refractivity contribution in [1.29, 1.82) is 0 Å². The Morgan fingerprint density at radius 1 is 1.18 bits per heavy atom. The molecule has 6 nitrogen and oxygen atoms in total. The number of aliphatic imine (C=N–C) groups is 1. The van der Waals surface area contributed by atoms with E-state index in [1.165, 1.54) is 18.8 Å². The van der Waals surface area contributed by atoms with Crippen molar-refractivity contribution >= 4 is 32.9 Å². The Hall–Kier alpha value is -3.06. The fraction of sp³-hybridized carbons (Fsp3) is 0.143. The third kappa shape index (κ3) is 3.66. The zero-order valence-corrected chi connectivity index (χ0v) is 17.1. The van der Waals surface area contributed by atoms with E-state index >= 15 is 0 Å². The first-order chi connectivity index (χ1) is 13.5. The minimum Gasteiger partial charge on any atom is -0.494 e. The Morgan fingerprint density at radius 2 is 1.86 bits per heavy atom. The molecule has 3 aromatic rings. The molecule has 1 N–H and O–H groups in total. The molecule has 0 amide bonds. The molecule has 1 heterocycles. The van der Waals surface area contributed by atoms with Crippen LogP contribution in [0.25, 0.3) is 16.5 Å². The van der Waals surface area contributed by atoms with Gasteiger partial charge in [-0.1, -0.05) is 40.7 Å². The van der Waals surface area contributed by atoms with Gasteiger partial charge in [-0.25, -0.2) is 4.57 Å². The largest absolute Gasteiger partial charge is 0.494 e. The molecule has 0 aliphatic rings. The van der Waals surface area contributed by atoms with Gasteiger partial charge >= 0.3 is 0 Å². The highest BCUT2D eigenvalue weighted by Crippen LogP contribution is 2.32. The molecule has 0 bridgehead atoms. The average Bonchev–Trinajstić information content (AvgIpc) is 2.70. The molecule has 0 saturated carbocycles. The lowest BCUT2D eigenvalue weighted by Crippen LogP contribution is -2.20. The summed E-state index contributed by atoms with van der Waals surface area (Å²) < 4.78 is 12.5. The quantitative estimate of drug-likeness (QED) is 0.584. The lowest BCUT2D eigenvalue weighted by molar-refractivity contribution is 0.354. The maximum atomic E-state index is 13.1. The first-order valence-electron chi connectivity index (χ1n) is 8.40. The van der Waals surface area contributed by atoms with Crippen LogP contribution >= 0.6 is 15.9 Å². The smallest absolute Gasteiger partial charge is 0.265 e. The number of ether oxygens (including phenoxy) is 2. The highest BCUT2D eigenvalue weighted by Gasteiger charge is 2.17. The topological polar surface area (TPSA) is 73.1 Å². The van der Waals surface area contributed by atoms with Crippen molar-refractivity contribution in [3.63, 3.8) is 0 Å². The third-order valence-electron chi connectivity index (χ3n) is 4.21. The van der Waals surface area contributed by atoms with Gasteiger partial charge in [-0.2, -0.15) is 0 Å². The maximum Gasteiger partial charge on any atom is 0.265 e. The van der Waals surface area contributed by atoms with Crippen LogP contribution in [0.1, 0.15) is 5.56 Å². The number of aromatic hydroxyl groups is 1. The van der Waals surface area contributed by atoms with Gasteiger partial charge in [0.1, 0.15) is 0 Å². The number of methoxy groups -OCH3 is 2. The van der Waals surface area contributed by atoms with Crippen LogP contribution in [0, 0.1) is 0 Å². The summed E-state index contributed by atoms with van der Waals surface area (Å²) in [5.41, 5.74) is 0.548. The highest BCUT2D eigenvalue weighted by atomic mass is 79.9. The van der Waals surface area contributed by atoms with Gasteiger partial charge in [0.15, 0.2) is 11.5 Å². The van der Waals surface area contributed by atoms with E-state index in [9.17, 15) is 9.90 Å². The molecule has 0 spiro atoms. The van der Waals surface area contributed by atoms with Crippen LogP contribution in [0.5, 0.6) is 17.4 Å². The molecule has 0 saturated heterocycles. The first kappa shape index (κ1) is 19.7. The van der Waals surface area contributed by atoms with Gasteiger partial charge in [0.25, 0.3) is 5.56 Å². The molecule has 0 radical (unpaired) electrons. The number of fused-ring (bicyclic) bond motifs is 1. The van der Waals surface area contributed by atoms with Crippen LogP contribution < -0.4 is 15.0 Å². The van der Waals surface area contributed by atoms with Crippen LogP contribution in [0.15, 0.2) is 63.3 Å². The molecule has 0 fully saturated rings. The van der Waals surface area contributed by atoms with Gasteiger partial charge < -0.3 is 14.6 Å². The summed E-state index contributed by atoms with van der Waals surface area (Å²) in [5.74, 6) is 0.766. The van der Waals surface area contributed by atoms with Crippen molar-refractivity contribution in [2.45, 2.75) is 0 Å². The molecule has 2 aromatic carbocycles. The van der Waals surface area contributed by atoms with E-state index in [4.69, 9.17) is 9.47 Å². The summed E-state index contributed by atoms with van der Waals surface area (Å²) in [6.45, 7) is 4.10. The number of rotatable bonds is 6. The van der Waals surface area contributed by atoms with Gasteiger partial charge in [-0.05, 0) is 18.2 Å². The van der Waals surface area contributed by atoms with Gasteiger partial charge in [0, 0.05) is 27.5 Å². The normalized spacial score (nSPS) is 11.1. The number of hydrogen-bond acceptors (Lipinski definition) is 5. The lowest BCUT2D eigenvalue weighted by atomic mass is 10.1. The summed E-state index contributed by atoms with van der Waals surface area (Å²) in [4.78, 5) is 17.4. The molecular weight excluding hydrogens is 424 g/mol. The minimum atomic E-state index is -0.345. The van der Waals surface area contributed by atoms with Crippen molar-refractivity contribution in [2.75, 3.05) is 20.8 Å². The van der Waals surface area contributed by atoms with Crippen LogP contribution in [0.3, 0.4) is 0 Å². The van der Waals surface area contributed by atoms with E-state index in [0.29, 0.717) is 44.5 Å². The highest BCUT2D eigenvalue weighted by molar-refractivity contribution is 9.11. The van der Waals surface area contributed by atoms with Gasteiger partial charge in [-0.3, -0.25) is 9.79 Å². The van der Waals surface area contributed by atoms with E-state index in [0.717, 1.165) is 0 Å². The van der Waals surface area contributed by atoms with Crippen molar-refractivity contribution in [1.82, 2.24) is 4.57 Å². The SMILES string of the molecule is C=C(Br)CN=Cc1c(O)n(-c2ccc(OC)c(OC)c2)c(=O)c2ccccc12. The Morgan fingerprint density at radius 3 is 2.50 bits per heavy atom. The van der Waals surface area contributed by atoms with Crippen LogP contribution in [-0.4, -0.2) is 36.7 Å². The summed E-state index contributed by atoms with van der Waals surface area (Å²) in [7, 11) is 3.04. The number of benzene rings is 2. The molecule has 0 aliphatic heterocycles. The van der Waals surface area contributed by atoms with Gasteiger partial charge in [0.2, 0.25) is 5.88 Å². The number of halogens is 1. The maximum absolute atomic E-state index is 13.1. The summed E-state index contributed by atoms with van der Waals surface area (Å²) in [6.07, 6.45) is 1.54. The van der Waals surface area contributed by atoms with E-state index in [1.807, 2.05) is 6.07 Å². The van der Waals surface area contributed by atoms with E-state index in [2.05, 4.69) is 27.5 Å². The molecule has 1 aromatic heterocycles. The number of hydrogen-bond donors (Lipinski definition) is 1. The van der Waals surface area contributed by atoms with Crippen molar-refractivity contribution in [3.8, 4) is 23.1 Å². The second kappa shape index (κ2) is 8.31. The zero-order chi connectivity index (χ0) is 20.3. The summed E-state index contributed by atoms with van der Waals surface area (Å²) in [6, 6.07) is 12.1. The van der Waals surface area contributed by atoms with E-state index in [-0.39, 0.29) is 11.4 Å². The molecule has 0 atom stereocenters. The number of nitrogens with zero attached hydrogens (tertiary/aromatic N) is 2. The Balaban J connectivity index is 2.30. The first-order valence-corrected chi connectivity index (χ1v) is 9.19. The monoisotopic (exact) mass is 442 g/mol.